The fourth-order valence-corrected chi connectivity index (χ4v) is 3.43. The van der Waals surface area contributed by atoms with E-state index in [2.05, 4.69) is 20.6 Å². The van der Waals surface area contributed by atoms with Crippen molar-refractivity contribution in [3.05, 3.63) is 82.5 Å². The number of amides is 1. The highest BCUT2D eigenvalue weighted by atomic mass is 35.5. The van der Waals surface area contributed by atoms with Gasteiger partial charge in [0.25, 0.3) is 0 Å². The van der Waals surface area contributed by atoms with Crippen molar-refractivity contribution in [2.45, 2.75) is 0 Å². The highest BCUT2D eigenvalue weighted by molar-refractivity contribution is 7.80. The van der Waals surface area contributed by atoms with Gasteiger partial charge in [-0.1, -0.05) is 35.3 Å². The van der Waals surface area contributed by atoms with Crippen molar-refractivity contribution in [2.75, 3.05) is 5.32 Å². The first-order valence-corrected chi connectivity index (χ1v) is 10.2. The number of hydrogen-bond acceptors (Lipinski definition) is 5. The number of pyridine rings is 1. The van der Waals surface area contributed by atoms with Crippen molar-refractivity contribution >= 4 is 69.4 Å². The van der Waals surface area contributed by atoms with E-state index in [4.69, 9.17) is 39.8 Å². The molecule has 9 heteroatoms. The predicted molar refractivity (Wildman–Crippen MR) is 127 cm³/mol. The van der Waals surface area contributed by atoms with Gasteiger partial charge in [-0.05, 0) is 66.3 Å². The van der Waals surface area contributed by atoms with Crippen LogP contribution in [0.15, 0.2) is 71.3 Å². The lowest BCUT2D eigenvalue weighted by Crippen LogP contribution is -2.32. The molecule has 1 amide bonds. The summed E-state index contributed by atoms with van der Waals surface area (Å²) in [6, 6.07) is 15.9. The maximum absolute atomic E-state index is 12.2. The zero-order chi connectivity index (χ0) is 21.8. The van der Waals surface area contributed by atoms with Gasteiger partial charge in [-0.15, -0.1) is 0 Å². The maximum atomic E-state index is 12.2. The van der Waals surface area contributed by atoms with Gasteiger partial charge in [-0.25, -0.2) is 4.98 Å². The molecule has 0 bridgehead atoms. The minimum atomic E-state index is -0.398. The molecule has 0 saturated carbocycles. The van der Waals surface area contributed by atoms with Crippen LogP contribution in [-0.4, -0.2) is 21.0 Å². The molecule has 31 heavy (non-hydrogen) atoms. The molecular formula is C22H14Cl2N4O2S. The van der Waals surface area contributed by atoms with Gasteiger partial charge in [-0.2, -0.15) is 4.98 Å². The predicted octanol–water partition coefficient (Wildman–Crippen LogP) is 5.72. The maximum Gasteiger partial charge on any atom is 0.250 e. The smallest absolute Gasteiger partial charge is 0.250 e. The Morgan fingerprint density at radius 3 is 2.77 bits per heavy atom. The second kappa shape index (κ2) is 9.26. The molecule has 0 atom stereocenters. The summed E-state index contributed by atoms with van der Waals surface area (Å²) in [5.41, 5.74) is 3.22. The fourth-order valence-electron chi connectivity index (χ4n) is 2.74. The van der Waals surface area contributed by atoms with Crippen molar-refractivity contribution in [1.29, 1.82) is 0 Å². The number of nitrogens with zero attached hydrogens (tertiary/aromatic N) is 2. The standard InChI is InChI=1S/C22H14Cl2N4O2S/c23-15-8-6-13(17(24)12-15)7-9-19(29)27-22(31)26-16-4-1-3-14(11-16)21-28-20-18(30-21)5-2-10-25-20/h1-12H,(H2,26,27,29,31)/b9-7+. The molecule has 0 aliphatic rings. The van der Waals surface area contributed by atoms with Crippen LogP contribution in [0.2, 0.25) is 10.0 Å². The summed E-state index contributed by atoms with van der Waals surface area (Å²) in [7, 11) is 0. The van der Waals surface area contributed by atoms with E-state index in [0.29, 0.717) is 38.4 Å². The van der Waals surface area contributed by atoms with Gasteiger partial charge >= 0.3 is 0 Å². The summed E-state index contributed by atoms with van der Waals surface area (Å²) in [4.78, 5) is 20.7. The molecule has 0 unspecified atom stereocenters. The Bertz CT molecular complexity index is 1290. The summed E-state index contributed by atoms with van der Waals surface area (Å²) in [5, 5.41) is 6.67. The Kier molecular flexibility index (Phi) is 6.27. The van der Waals surface area contributed by atoms with Gasteiger partial charge in [0.1, 0.15) is 0 Å². The van der Waals surface area contributed by atoms with Gasteiger partial charge in [0.05, 0.1) is 0 Å². The lowest BCUT2D eigenvalue weighted by molar-refractivity contribution is -0.115. The van der Waals surface area contributed by atoms with Crippen LogP contribution in [-0.2, 0) is 4.79 Å². The van der Waals surface area contributed by atoms with Gasteiger partial charge in [0, 0.05) is 33.6 Å². The Labute approximate surface area is 192 Å². The summed E-state index contributed by atoms with van der Waals surface area (Å²) >= 11 is 17.2. The molecule has 154 valence electrons. The molecule has 2 N–H and O–H groups in total. The summed E-state index contributed by atoms with van der Waals surface area (Å²) in [6.45, 7) is 0. The molecule has 0 saturated heterocycles. The van der Waals surface area contributed by atoms with E-state index in [0.717, 1.165) is 5.56 Å². The molecule has 2 aromatic heterocycles. The molecule has 0 aliphatic carbocycles. The second-order valence-corrected chi connectivity index (χ2v) is 7.62. The Hall–Kier alpha value is -3.26. The number of nitrogens with one attached hydrogen (secondary N) is 2. The largest absolute Gasteiger partial charge is 0.434 e. The van der Waals surface area contributed by atoms with Crippen LogP contribution in [0.3, 0.4) is 0 Å². The summed E-state index contributed by atoms with van der Waals surface area (Å²) in [6.07, 6.45) is 4.58. The fraction of sp³-hybridized carbons (Fsp3) is 0. The number of rotatable bonds is 4. The first kappa shape index (κ1) is 21.0. The Morgan fingerprint density at radius 2 is 1.97 bits per heavy atom. The number of benzene rings is 2. The molecule has 4 aromatic rings. The minimum Gasteiger partial charge on any atom is -0.434 e. The van der Waals surface area contributed by atoms with Crippen molar-refractivity contribution in [3.8, 4) is 11.5 Å². The number of carbonyl (C=O) groups excluding carboxylic acids is 1. The number of carbonyl (C=O) groups is 1. The van der Waals surface area contributed by atoms with Crippen LogP contribution >= 0.6 is 35.4 Å². The highest BCUT2D eigenvalue weighted by Crippen LogP contribution is 2.25. The molecule has 2 heterocycles. The quantitative estimate of drug-likeness (QED) is 0.294. The molecular weight excluding hydrogens is 455 g/mol. The van der Waals surface area contributed by atoms with Crippen molar-refractivity contribution < 1.29 is 9.21 Å². The molecule has 0 spiro atoms. The minimum absolute atomic E-state index is 0.147. The average Bonchev–Trinajstić information content (AvgIpc) is 3.17. The zero-order valence-corrected chi connectivity index (χ0v) is 18.1. The summed E-state index contributed by atoms with van der Waals surface area (Å²) < 4.78 is 5.74. The van der Waals surface area contributed by atoms with Crippen LogP contribution in [0.25, 0.3) is 28.8 Å². The van der Waals surface area contributed by atoms with E-state index in [9.17, 15) is 4.79 Å². The van der Waals surface area contributed by atoms with E-state index in [1.807, 2.05) is 24.3 Å². The van der Waals surface area contributed by atoms with Crippen LogP contribution in [0.4, 0.5) is 5.69 Å². The SMILES string of the molecule is O=C(/C=C/c1ccc(Cl)cc1Cl)NC(=S)Nc1cccc(-c2nc3ncccc3o2)c1. The number of anilines is 1. The third-order valence-corrected chi connectivity index (χ3v) is 4.91. The van der Waals surface area contributed by atoms with Crippen LogP contribution in [0.1, 0.15) is 5.56 Å². The number of fused-ring (bicyclic) bond motifs is 1. The molecule has 2 aromatic carbocycles. The van der Waals surface area contributed by atoms with E-state index in [-0.39, 0.29) is 5.11 Å². The number of oxazole rings is 1. The monoisotopic (exact) mass is 468 g/mol. The molecule has 0 radical (unpaired) electrons. The first-order chi connectivity index (χ1) is 15.0. The number of halogens is 2. The van der Waals surface area contributed by atoms with Crippen molar-refractivity contribution in [1.82, 2.24) is 15.3 Å². The molecule has 4 rings (SSSR count). The zero-order valence-electron chi connectivity index (χ0n) is 15.8. The third kappa shape index (κ3) is 5.27. The number of aromatic nitrogens is 2. The normalized spacial score (nSPS) is 11.0. The summed E-state index contributed by atoms with van der Waals surface area (Å²) in [5.74, 6) is 0.0415. The van der Waals surface area contributed by atoms with Gasteiger partial charge in [0.15, 0.2) is 16.3 Å². The lowest BCUT2D eigenvalue weighted by atomic mass is 10.2. The first-order valence-electron chi connectivity index (χ1n) is 9.05. The number of hydrogen-bond donors (Lipinski definition) is 2. The van der Waals surface area contributed by atoms with Crippen molar-refractivity contribution in [2.24, 2.45) is 0 Å². The average molecular weight is 469 g/mol. The van der Waals surface area contributed by atoms with Crippen molar-refractivity contribution in [3.63, 3.8) is 0 Å². The third-order valence-electron chi connectivity index (χ3n) is 4.15. The van der Waals surface area contributed by atoms with Gasteiger partial charge in [0.2, 0.25) is 11.8 Å². The van der Waals surface area contributed by atoms with Crippen LogP contribution in [0, 0.1) is 0 Å². The Balaban J connectivity index is 1.41. The Morgan fingerprint density at radius 1 is 1.10 bits per heavy atom. The van der Waals surface area contributed by atoms with Crippen LogP contribution < -0.4 is 10.6 Å². The van der Waals surface area contributed by atoms with Crippen LogP contribution in [0.5, 0.6) is 0 Å². The van der Waals surface area contributed by atoms with Gasteiger partial charge < -0.3 is 9.73 Å². The number of thiocarbonyl (C=S) groups is 1. The highest BCUT2D eigenvalue weighted by Gasteiger charge is 2.10. The molecule has 6 nitrogen and oxygen atoms in total. The van der Waals surface area contributed by atoms with E-state index < -0.39 is 5.91 Å². The van der Waals surface area contributed by atoms with E-state index >= 15 is 0 Å². The molecule has 0 fully saturated rings. The van der Waals surface area contributed by atoms with E-state index in [1.54, 1.807) is 42.6 Å². The van der Waals surface area contributed by atoms with Gasteiger partial charge in [-0.3, -0.25) is 10.1 Å². The lowest BCUT2D eigenvalue weighted by Gasteiger charge is -2.09. The second-order valence-electron chi connectivity index (χ2n) is 6.37. The molecule has 0 aliphatic heterocycles. The topological polar surface area (TPSA) is 80.0 Å². The van der Waals surface area contributed by atoms with E-state index in [1.165, 1.54) is 6.08 Å².